The Hall–Kier alpha value is -2.83. The van der Waals surface area contributed by atoms with Crippen LogP contribution in [-0.4, -0.2) is 27.6 Å². The van der Waals surface area contributed by atoms with Crippen molar-refractivity contribution in [1.82, 2.24) is 20.5 Å². The third kappa shape index (κ3) is 3.59. The molecular weight excluding hydrogens is 270 g/mol. The number of amides is 1. The van der Waals surface area contributed by atoms with E-state index in [1.165, 1.54) is 0 Å². The fourth-order valence-electron chi connectivity index (χ4n) is 1.85. The number of H-pyrrole nitrogens is 2. The van der Waals surface area contributed by atoms with Crippen LogP contribution >= 0.6 is 0 Å². The van der Waals surface area contributed by atoms with Gasteiger partial charge < -0.3 is 10.6 Å². The maximum absolute atomic E-state index is 12.3. The maximum Gasteiger partial charge on any atom is 0.340 e. The Kier molecular flexibility index (Phi) is 4.55. The van der Waals surface area contributed by atoms with Crippen LogP contribution in [0.3, 0.4) is 0 Å². The van der Waals surface area contributed by atoms with Gasteiger partial charge in [0.15, 0.2) is 5.82 Å². The molecule has 4 N–H and O–H groups in total. The van der Waals surface area contributed by atoms with Gasteiger partial charge in [0, 0.05) is 12.2 Å². The van der Waals surface area contributed by atoms with Crippen LogP contribution in [0.1, 0.15) is 29.1 Å². The number of hydrogen-bond acceptors (Lipinski definition) is 4. The van der Waals surface area contributed by atoms with Gasteiger partial charge in [0.1, 0.15) is 0 Å². The molecule has 0 aliphatic rings. The monoisotopic (exact) mass is 287 g/mol. The largest absolute Gasteiger partial charge is 0.381 e. The number of benzene rings is 1. The summed E-state index contributed by atoms with van der Waals surface area (Å²) in [5.74, 6) is 0.128. The predicted molar refractivity (Wildman–Crippen MR) is 80.2 cm³/mol. The summed E-state index contributed by atoms with van der Waals surface area (Å²) in [5.41, 5.74) is 0.834. The summed E-state index contributed by atoms with van der Waals surface area (Å²) in [5, 5.41) is 12.0. The minimum absolute atomic E-state index is 0.251. The van der Waals surface area contributed by atoms with Crippen molar-refractivity contribution in [2.45, 2.75) is 13.0 Å². The summed E-state index contributed by atoms with van der Waals surface area (Å²) in [4.78, 5) is 25.8. The first kappa shape index (κ1) is 14.6. The van der Waals surface area contributed by atoms with Crippen molar-refractivity contribution in [3.63, 3.8) is 0 Å². The van der Waals surface area contributed by atoms with E-state index in [1.807, 2.05) is 12.1 Å². The molecule has 2 rings (SSSR count). The average Bonchev–Trinajstić information content (AvgIpc) is 2.92. The molecule has 0 saturated carbocycles. The second-order valence-electron chi connectivity index (χ2n) is 4.47. The number of nitrogens with zero attached hydrogens (tertiary/aromatic N) is 1. The summed E-state index contributed by atoms with van der Waals surface area (Å²) < 4.78 is 0. The van der Waals surface area contributed by atoms with Gasteiger partial charge in [-0.3, -0.25) is 9.78 Å². The third-order valence-corrected chi connectivity index (χ3v) is 2.89. The lowest BCUT2D eigenvalue weighted by Gasteiger charge is -2.14. The molecule has 1 aromatic carbocycles. The van der Waals surface area contributed by atoms with Crippen molar-refractivity contribution in [2.75, 3.05) is 11.9 Å². The highest BCUT2D eigenvalue weighted by Crippen LogP contribution is 2.16. The molecule has 0 aliphatic carbocycles. The highest BCUT2D eigenvalue weighted by molar-refractivity contribution is 5.99. The van der Waals surface area contributed by atoms with Crippen molar-refractivity contribution < 1.29 is 4.79 Å². The highest BCUT2D eigenvalue weighted by Gasteiger charge is 2.16. The van der Waals surface area contributed by atoms with E-state index in [0.29, 0.717) is 17.9 Å². The van der Waals surface area contributed by atoms with Crippen LogP contribution in [0.2, 0.25) is 0 Å². The summed E-state index contributed by atoms with van der Waals surface area (Å²) in [6, 6.07) is 6.76. The van der Waals surface area contributed by atoms with E-state index in [4.69, 9.17) is 0 Å². The number of aromatic amines is 2. The van der Waals surface area contributed by atoms with Crippen LogP contribution in [-0.2, 0) is 0 Å². The average molecular weight is 287 g/mol. The van der Waals surface area contributed by atoms with Crippen LogP contribution in [0.15, 0.2) is 41.7 Å². The van der Waals surface area contributed by atoms with E-state index in [-0.39, 0.29) is 5.91 Å². The van der Waals surface area contributed by atoms with E-state index in [9.17, 15) is 9.59 Å². The van der Waals surface area contributed by atoms with Crippen LogP contribution in [0, 0.1) is 0 Å². The molecule has 7 heteroatoms. The van der Waals surface area contributed by atoms with Gasteiger partial charge in [-0.05, 0) is 19.1 Å². The first-order chi connectivity index (χ1) is 10.1. The van der Waals surface area contributed by atoms with Crippen molar-refractivity contribution in [3.05, 3.63) is 58.8 Å². The first-order valence-corrected chi connectivity index (χ1v) is 6.51. The Morgan fingerprint density at radius 1 is 1.48 bits per heavy atom. The van der Waals surface area contributed by atoms with E-state index < -0.39 is 11.7 Å². The van der Waals surface area contributed by atoms with Crippen LogP contribution in [0.5, 0.6) is 0 Å². The molecule has 0 bridgehead atoms. The van der Waals surface area contributed by atoms with Crippen molar-refractivity contribution in [2.24, 2.45) is 0 Å². The highest BCUT2D eigenvalue weighted by atomic mass is 16.2. The number of nitrogens with one attached hydrogen (secondary N) is 4. The molecule has 1 atom stereocenters. The Bertz CT molecular complexity index is 688. The summed E-state index contributed by atoms with van der Waals surface area (Å²) in [6.07, 6.45) is 1.71. The van der Waals surface area contributed by atoms with Crippen LogP contribution < -0.4 is 16.3 Å². The number of rotatable bonds is 6. The van der Waals surface area contributed by atoms with Crippen molar-refractivity contribution in [1.29, 1.82) is 0 Å². The molecule has 0 saturated heterocycles. The number of aromatic nitrogens is 3. The lowest BCUT2D eigenvalue weighted by Crippen LogP contribution is -2.28. The van der Waals surface area contributed by atoms with Gasteiger partial charge in [-0.15, -0.1) is 6.58 Å². The molecule has 0 spiro atoms. The number of hydrogen-bond donors (Lipinski definition) is 4. The topological polar surface area (TPSA) is 103 Å². The molecule has 1 aromatic heterocycles. The van der Waals surface area contributed by atoms with E-state index in [2.05, 4.69) is 32.4 Å². The molecule has 0 aliphatic heterocycles. The van der Waals surface area contributed by atoms with Crippen LogP contribution in [0.25, 0.3) is 0 Å². The minimum Gasteiger partial charge on any atom is -0.381 e. The number of anilines is 1. The van der Waals surface area contributed by atoms with Gasteiger partial charge in [-0.2, -0.15) is 5.10 Å². The third-order valence-electron chi connectivity index (χ3n) is 2.89. The molecule has 0 radical (unpaired) electrons. The van der Waals surface area contributed by atoms with Crippen LogP contribution in [0.4, 0.5) is 5.69 Å². The minimum atomic E-state index is -0.413. The molecular formula is C14H17N5O2. The Morgan fingerprint density at radius 3 is 2.90 bits per heavy atom. The zero-order valence-corrected chi connectivity index (χ0v) is 11.6. The van der Waals surface area contributed by atoms with Crippen molar-refractivity contribution >= 4 is 11.6 Å². The smallest absolute Gasteiger partial charge is 0.340 e. The lowest BCUT2D eigenvalue weighted by atomic mass is 10.1. The molecule has 1 heterocycles. The SMILES string of the molecule is C=CCNc1ccccc1C(=O)NC(C)c1n[nH]c(=O)[nH]1. The van der Waals surface area contributed by atoms with E-state index >= 15 is 0 Å². The predicted octanol–water partition coefficient (Wildman–Crippen LogP) is 1.19. The quantitative estimate of drug-likeness (QED) is 0.599. The van der Waals surface area contributed by atoms with Crippen molar-refractivity contribution in [3.8, 4) is 0 Å². The zero-order chi connectivity index (χ0) is 15.2. The number of para-hydroxylation sites is 1. The lowest BCUT2D eigenvalue weighted by molar-refractivity contribution is 0.0939. The van der Waals surface area contributed by atoms with Gasteiger partial charge in [0.25, 0.3) is 5.91 Å². The first-order valence-electron chi connectivity index (χ1n) is 6.51. The maximum atomic E-state index is 12.3. The van der Waals surface area contributed by atoms with E-state index in [0.717, 1.165) is 5.69 Å². The number of carbonyl (C=O) groups is 1. The molecule has 1 unspecified atom stereocenters. The molecule has 110 valence electrons. The second-order valence-corrected chi connectivity index (χ2v) is 4.47. The second kappa shape index (κ2) is 6.56. The van der Waals surface area contributed by atoms with Gasteiger partial charge in [-0.25, -0.2) is 9.89 Å². The van der Waals surface area contributed by atoms with E-state index in [1.54, 1.807) is 25.1 Å². The fraction of sp³-hybridized carbons (Fsp3) is 0.214. The Balaban J connectivity index is 2.13. The molecule has 21 heavy (non-hydrogen) atoms. The summed E-state index contributed by atoms with van der Waals surface area (Å²) in [6.45, 7) is 5.93. The number of carbonyl (C=O) groups excluding carboxylic acids is 1. The normalized spacial score (nSPS) is 11.7. The Morgan fingerprint density at radius 2 is 2.24 bits per heavy atom. The van der Waals surface area contributed by atoms with Gasteiger partial charge in [0.05, 0.1) is 11.6 Å². The molecule has 7 nitrogen and oxygen atoms in total. The molecule has 2 aromatic rings. The van der Waals surface area contributed by atoms with Gasteiger partial charge >= 0.3 is 5.69 Å². The fourth-order valence-corrected chi connectivity index (χ4v) is 1.85. The standard InChI is InChI=1S/C14H17N5O2/c1-3-8-15-11-7-5-4-6-10(11)13(20)16-9(2)12-17-14(21)19-18-12/h3-7,9,15H,1,8H2,2H3,(H,16,20)(H2,17,18,19,21). The molecule has 1 amide bonds. The summed E-state index contributed by atoms with van der Waals surface area (Å²) >= 11 is 0. The Labute approximate surface area is 121 Å². The molecule has 0 fully saturated rings. The zero-order valence-electron chi connectivity index (χ0n) is 11.6. The summed E-state index contributed by atoms with van der Waals surface area (Å²) in [7, 11) is 0. The van der Waals surface area contributed by atoms with Gasteiger partial charge in [-0.1, -0.05) is 18.2 Å². The van der Waals surface area contributed by atoms with Gasteiger partial charge in [0.2, 0.25) is 0 Å².